The van der Waals surface area contributed by atoms with Crippen LogP contribution in [0, 0.1) is 23.2 Å². The van der Waals surface area contributed by atoms with Gasteiger partial charge in [0.15, 0.2) is 0 Å². The molecule has 0 bridgehead atoms. The molecule has 1 aromatic rings. The summed E-state index contributed by atoms with van der Waals surface area (Å²) < 4.78 is 0. The first-order chi connectivity index (χ1) is 16.2. The van der Waals surface area contributed by atoms with E-state index < -0.39 is 0 Å². The van der Waals surface area contributed by atoms with E-state index in [4.69, 9.17) is 13.2 Å². The minimum absolute atomic E-state index is 0.0634. The maximum atomic E-state index is 4.81. The predicted molar refractivity (Wildman–Crippen MR) is 153 cm³/mol. The molecule has 1 aromatic carbocycles. The van der Waals surface area contributed by atoms with Crippen LogP contribution in [0.5, 0.6) is 0 Å². The molecular formula is C35H42. The Hall–Kier alpha value is -2.60. The number of hydrogen-bond donors (Lipinski definition) is 0. The zero-order valence-corrected chi connectivity index (χ0v) is 23.3. The van der Waals surface area contributed by atoms with E-state index in [1.165, 1.54) is 66.8 Å². The summed E-state index contributed by atoms with van der Waals surface area (Å²) in [6.07, 6.45) is 9.09. The lowest BCUT2D eigenvalue weighted by molar-refractivity contribution is 0.0544. The highest BCUT2D eigenvalue weighted by atomic mass is 14.6. The molecule has 4 aliphatic carbocycles. The van der Waals surface area contributed by atoms with E-state index in [-0.39, 0.29) is 16.2 Å². The van der Waals surface area contributed by atoms with Crippen molar-refractivity contribution in [3.63, 3.8) is 0 Å². The second-order valence-electron chi connectivity index (χ2n) is 12.8. The number of fused-ring (bicyclic) bond motifs is 3. The summed E-state index contributed by atoms with van der Waals surface area (Å²) in [7, 11) is 0. The van der Waals surface area contributed by atoms with Crippen LogP contribution in [0.15, 0.2) is 83.0 Å². The van der Waals surface area contributed by atoms with Gasteiger partial charge in [0.05, 0.1) is 0 Å². The largest absolute Gasteiger partial charge is 0.0955 e. The number of allylic oxidation sites excluding steroid dienone is 11. The summed E-state index contributed by atoms with van der Waals surface area (Å²) in [5, 5.41) is 0. The van der Waals surface area contributed by atoms with Crippen molar-refractivity contribution in [2.45, 2.75) is 81.1 Å². The number of hydrogen-bond acceptors (Lipinski definition) is 0. The van der Waals surface area contributed by atoms with Crippen LogP contribution in [0.3, 0.4) is 0 Å². The maximum absolute atomic E-state index is 4.81. The first-order valence-corrected chi connectivity index (χ1v) is 13.2. The van der Waals surface area contributed by atoms with Crippen molar-refractivity contribution in [2.75, 3.05) is 0 Å². The Kier molecular flexibility index (Phi) is 5.13. The van der Waals surface area contributed by atoms with Gasteiger partial charge in [0.1, 0.15) is 0 Å². The van der Waals surface area contributed by atoms with Crippen molar-refractivity contribution >= 4 is 11.1 Å². The molecule has 0 nitrogen and oxygen atoms in total. The fourth-order valence-corrected chi connectivity index (χ4v) is 8.69. The van der Waals surface area contributed by atoms with Gasteiger partial charge in [-0.15, -0.1) is 0 Å². The van der Waals surface area contributed by atoms with Gasteiger partial charge in [0.2, 0.25) is 0 Å². The smallest absolute Gasteiger partial charge is 0.0194 e. The molecule has 0 aliphatic heterocycles. The highest BCUT2D eigenvalue weighted by Gasteiger charge is 2.59. The lowest BCUT2D eigenvalue weighted by Crippen LogP contribution is -2.52. The van der Waals surface area contributed by atoms with Crippen molar-refractivity contribution in [3.05, 3.63) is 105 Å². The van der Waals surface area contributed by atoms with Gasteiger partial charge in [-0.25, -0.2) is 0 Å². The molecule has 182 valence electrons. The first-order valence-electron chi connectivity index (χ1n) is 13.2. The second-order valence-corrected chi connectivity index (χ2v) is 12.8. The Bertz CT molecular complexity index is 1360. The SMILES string of the molecule is C=C(C)C1=C(C)C[C@@]2(C)C[C@@]3(C)Cc4c(C5=CC(C)=CC5)ccc(C)c4C(=C)C3=C(C)[C@@]2(C)C1=C. The molecule has 0 saturated heterocycles. The third kappa shape index (κ3) is 3.05. The van der Waals surface area contributed by atoms with E-state index in [9.17, 15) is 0 Å². The third-order valence-corrected chi connectivity index (χ3v) is 10.2. The second kappa shape index (κ2) is 7.45. The van der Waals surface area contributed by atoms with Crippen LogP contribution < -0.4 is 0 Å². The lowest BCUT2D eigenvalue weighted by atomic mass is 9.41. The Morgan fingerprint density at radius 2 is 1.66 bits per heavy atom. The van der Waals surface area contributed by atoms with Crippen LogP contribution in [-0.4, -0.2) is 0 Å². The minimum atomic E-state index is -0.101. The topological polar surface area (TPSA) is 0 Å². The van der Waals surface area contributed by atoms with E-state index in [2.05, 4.69) is 86.3 Å². The van der Waals surface area contributed by atoms with Gasteiger partial charge >= 0.3 is 0 Å². The highest BCUT2D eigenvalue weighted by molar-refractivity contribution is 5.90. The number of benzene rings is 1. The number of rotatable bonds is 2. The number of aryl methyl sites for hydroxylation is 1. The van der Waals surface area contributed by atoms with Crippen molar-refractivity contribution in [1.82, 2.24) is 0 Å². The molecule has 0 heteroatoms. The summed E-state index contributed by atoms with van der Waals surface area (Å²) in [5.41, 5.74) is 18.0. The van der Waals surface area contributed by atoms with Crippen molar-refractivity contribution in [3.8, 4) is 0 Å². The van der Waals surface area contributed by atoms with Gasteiger partial charge in [-0.2, -0.15) is 0 Å². The molecule has 35 heavy (non-hydrogen) atoms. The van der Waals surface area contributed by atoms with E-state index in [0.717, 1.165) is 31.3 Å². The van der Waals surface area contributed by atoms with E-state index in [1.807, 2.05) is 0 Å². The van der Waals surface area contributed by atoms with Crippen LogP contribution in [0.4, 0.5) is 0 Å². The van der Waals surface area contributed by atoms with Crippen LogP contribution in [-0.2, 0) is 6.42 Å². The summed E-state index contributed by atoms with van der Waals surface area (Å²) >= 11 is 0. The van der Waals surface area contributed by atoms with E-state index in [0.29, 0.717) is 0 Å². The molecule has 0 aromatic heterocycles. The summed E-state index contributed by atoms with van der Waals surface area (Å²) in [6, 6.07) is 4.68. The van der Waals surface area contributed by atoms with Gasteiger partial charge in [0.25, 0.3) is 0 Å². The zero-order valence-electron chi connectivity index (χ0n) is 23.3. The molecule has 3 atom stereocenters. The predicted octanol–water partition coefficient (Wildman–Crippen LogP) is 9.89. The molecule has 0 heterocycles. The standard InChI is InChI=1S/C35H42/c1-20(2)30-23(5)17-34(10)19-33(9)18-29-28(27-14-12-21(3)16-27)15-13-22(4)31(29)24(6)32(33)26(8)35(34,11)25(30)7/h12-13,15-16H,1,6-7,14,17-19H2,2-5,8-11H3/t33-,34+,35-/m1/s1. The highest BCUT2D eigenvalue weighted by Crippen LogP contribution is 2.70. The molecule has 5 rings (SSSR count). The maximum Gasteiger partial charge on any atom is 0.0194 e. The molecule has 0 fully saturated rings. The Morgan fingerprint density at radius 3 is 2.26 bits per heavy atom. The molecule has 0 amide bonds. The summed E-state index contributed by atoms with van der Waals surface area (Å²) in [5.74, 6) is 0. The van der Waals surface area contributed by atoms with Crippen LogP contribution in [0.25, 0.3) is 11.1 Å². The van der Waals surface area contributed by atoms with Crippen molar-refractivity contribution in [2.24, 2.45) is 16.2 Å². The molecule has 0 N–H and O–H groups in total. The molecule has 0 spiro atoms. The third-order valence-electron chi connectivity index (χ3n) is 10.2. The molecule has 0 radical (unpaired) electrons. The van der Waals surface area contributed by atoms with Gasteiger partial charge < -0.3 is 0 Å². The van der Waals surface area contributed by atoms with E-state index in [1.54, 1.807) is 0 Å². The van der Waals surface area contributed by atoms with Crippen LogP contribution >= 0.6 is 0 Å². The van der Waals surface area contributed by atoms with Crippen molar-refractivity contribution < 1.29 is 0 Å². The zero-order chi connectivity index (χ0) is 25.7. The van der Waals surface area contributed by atoms with Crippen molar-refractivity contribution in [1.29, 1.82) is 0 Å². The Morgan fingerprint density at radius 1 is 0.971 bits per heavy atom. The normalized spacial score (nSPS) is 32.2. The average Bonchev–Trinajstić information content (AvgIpc) is 3.16. The van der Waals surface area contributed by atoms with Gasteiger partial charge in [-0.05, 0) is 121 Å². The fraction of sp³-hybridized carbons (Fsp3) is 0.429. The molecule has 0 saturated carbocycles. The monoisotopic (exact) mass is 462 g/mol. The minimum Gasteiger partial charge on any atom is -0.0955 e. The van der Waals surface area contributed by atoms with E-state index >= 15 is 0 Å². The Labute approximate surface area is 213 Å². The molecule has 0 unspecified atom stereocenters. The van der Waals surface area contributed by atoms with Gasteiger partial charge in [-0.3, -0.25) is 0 Å². The van der Waals surface area contributed by atoms with Gasteiger partial charge in [0, 0.05) is 5.41 Å². The van der Waals surface area contributed by atoms with Gasteiger partial charge in [-0.1, -0.05) is 87.1 Å². The van der Waals surface area contributed by atoms with Crippen LogP contribution in [0.1, 0.15) is 90.0 Å². The Balaban J connectivity index is 1.76. The fourth-order valence-electron chi connectivity index (χ4n) is 8.69. The summed E-state index contributed by atoms with van der Waals surface area (Å²) in [4.78, 5) is 0. The average molecular weight is 463 g/mol. The first kappa shape index (κ1) is 24.1. The summed E-state index contributed by atoms with van der Waals surface area (Å²) in [6.45, 7) is 32.7. The quantitative estimate of drug-likeness (QED) is 0.410. The molecular weight excluding hydrogens is 420 g/mol. The lowest BCUT2D eigenvalue weighted by Gasteiger charge is -2.62. The van der Waals surface area contributed by atoms with Crippen LogP contribution in [0.2, 0.25) is 0 Å². The molecule has 4 aliphatic rings.